The molecule has 0 bridgehead atoms. The molecule has 0 radical (unpaired) electrons. The molecule has 2 N–H and O–H groups in total. The number of unbranched alkanes of at least 4 members (excludes halogenated alkanes) is 1. The molecule has 2 aliphatic rings. The van der Waals surface area contributed by atoms with Crippen molar-refractivity contribution in [1.29, 1.82) is 0 Å². The molecule has 0 aromatic heterocycles. The highest BCUT2D eigenvalue weighted by atomic mass is 32.2. The molecular weight excluding hydrogens is 509 g/mol. The van der Waals surface area contributed by atoms with Crippen LogP contribution in [-0.4, -0.2) is 77.0 Å². The summed E-state index contributed by atoms with van der Waals surface area (Å²) in [6.45, 7) is 3.44. The zero-order chi connectivity index (χ0) is 28.0. The van der Waals surface area contributed by atoms with Crippen molar-refractivity contribution < 1.29 is 27.1 Å². The number of benzene rings is 2. The summed E-state index contributed by atoms with van der Waals surface area (Å²) in [7, 11) is 0.638. The van der Waals surface area contributed by atoms with Gasteiger partial charge in [-0.05, 0) is 80.7 Å². The lowest BCUT2D eigenvalue weighted by Crippen LogP contribution is -2.47. The SMILES string of the molecule is CCCCNC.COc1ccc(C2CC2)cc1.O=C(NCC(=O)N1CCS(=O)(=O)CC1)c1ccc(F)cc1. The molecule has 2 amide bonds. The first kappa shape index (κ1) is 31.2. The zero-order valence-electron chi connectivity index (χ0n) is 22.5. The van der Waals surface area contributed by atoms with E-state index in [4.69, 9.17) is 4.74 Å². The van der Waals surface area contributed by atoms with Crippen molar-refractivity contribution in [3.8, 4) is 5.75 Å². The van der Waals surface area contributed by atoms with Gasteiger partial charge in [0.25, 0.3) is 5.91 Å². The summed E-state index contributed by atoms with van der Waals surface area (Å²) in [4.78, 5) is 25.0. The zero-order valence-corrected chi connectivity index (χ0v) is 23.4. The van der Waals surface area contributed by atoms with Gasteiger partial charge in [0.2, 0.25) is 5.91 Å². The lowest BCUT2D eigenvalue weighted by molar-refractivity contribution is -0.129. The minimum Gasteiger partial charge on any atom is -0.497 e. The number of carbonyl (C=O) groups is 2. The van der Waals surface area contributed by atoms with Gasteiger partial charge in [-0.25, -0.2) is 12.8 Å². The second kappa shape index (κ2) is 16.1. The van der Waals surface area contributed by atoms with E-state index in [1.165, 1.54) is 48.3 Å². The maximum atomic E-state index is 12.7. The van der Waals surface area contributed by atoms with E-state index in [9.17, 15) is 22.4 Å². The Labute approximate surface area is 225 Å². The number of sulfone groups is 1. The summed E-state index contributed by atoms with van der Waals surface area (Å²) in [5.74, 6) is 0.441. The summed E-state index contributed by atoms with van der Waals surface area (Å²) in [5.41, 5.74) is 1.72. The van der Waals surface area contributed by atoms with E-state index in [2.05, 4.69) is 29.7 Å². The van der Waals surface area contributed by atoms with Crippen LogP contribution in [0.2, 0.25) is 0 Å². The molecule has 2 aromatic rings. The maximum Gasteiger partial charge on any atom is 0.251 e. The minimum absolute atomic E-state index is 0.0509. The highest BCUT2D eigenvalue weighted by Gasteiger charge is 2.25. The van der Waals surface area contributed by atoms with Crippen LogP contribution in [0.15, 0.2) is 48.5 Å². The number of carbonyl (C=O) groups excluding carboxylic acids is 2. The third kappa shape index (κ3) is 11.6. The molecule has 38 heavy (non-hydrogen) atoms. The molecule has 4 rings (SSSR count). The van der Waals surface area contributed by atoms with Crippen LogP contribution in [0.25, 0.3) is 0 Å². The first-order valence-corrected chi connectivity index (χ1v) is 14.8. The van der Waals surface area contributed by atoms with Crippen LogP contribution in [0.4, 0.5) is 4.39 Å². The predicted octanol–water partition coefficient (Wildman–Crippen LogP) is 3.39. The van der Waals surface area contributed by atoms with E-state index in [1.807, 2.05) is 19.2 Å². The van der Waals surface area contributed by atoms with Gasteiger partial charge in [0.15, 0.2) is 9.84 Å². The highest BCUT2D eigenvalue weighted by Crippen LogP contribution is 2.40. The van der Waals surface area contributed by atoms with E-state index >= 15 is 0 Å². The van der Waals surface area contributed by atoms with Crippen LogP contribution in [0.1, 0.15) is 54.4 Å². The smallest absolute Gasteiger partial charge is 0.251 e. The summed E-state index contributed by atoms with van der Waals surface area (Å²) >= 11 is 0. The molecule has 2 aromatic carbocycles. The Hall–Kier alpha value is -2.98. The third-order valence-electron chi connectivity index (χ3n) is 6.15. The second-order valence-electron chi connectivity index (χ2n) is 9.23. The topological polar surface area (TPSA) is 105 Å². The number of nitrogens with one attached hydrogen (secondary N) is 2. The van der Waals surface area contributed by atoms with Gasteiger partial charge in [-0.3, -0.25) is 9.59 Å². The Morgan fingerprint density at radius 3 is 2.11 bits per heavy atom. The van der Waals surface area contributed by atoms with E-state index < -0.39 is 21.6 Å². The van der Waals surface area contributed by atoms with E-state index in [-0.39, 0.29) is 42.6 Å². The largest absolute Gasteiger partial charge is 0.497 e. The molecule has 0 unspecified atom stereocenters. The molecule has 10 heteroatoms. The fraction of sp³-hybridized carbons (Fsp3) is 0.500. The van der Waals surface area contributed by atoms with Gasteiger partial charge in [0.1, 0.15) is 11.6 Å². The van der Waals surface area contributed by atoms with E-state index in [0.29, 0.717) is 0 Å². The third-order valence-corrected chi connectivity index (χ3v) is 7.76. The number of amides is 2. The van der Waals surface area contributed by atoms with Crippen molar-refractivity contribution in [3.63, 3.8) is 0 Å². The van der Waals surface area contributed by atoms with Gasteiger partial charge >= 0.3 is 0 Å². The first-order valence-electron chi connectivity index (χ1n) is 13.0. The molecule has 210 valence electrons. The predicted molar refractivity (Wildman–Crippen MR) is 148 cm³/mol. The quantitative estimate of drug-likeness (QED) is 0.489. The first-order chi connectivity index (χ1) is 18.2. The minimum atomic E-state index is -3.04. The van der Waals surface area contributed by atoms with Gasteiger partial charge in [0.05, 0.1) is 25.2 Å². The number of methoxy groups -OCH3 is 1. The van der Waals surface area contributed by atoms with Crippen molar-refractivity contribution in [1.82, 2.24) is 15.5 Å². The van der Waals surface area contributed by atoms with Crippen molar-refractivity contribution >= 4 is 21.7 Å². The van der Waals surface area contributed by atoms with E-state index in [1.54, 1.807) is 7.11 Å². The average Bonchev–Trinajstić information content (AvgIpc) is 3.77. The van der Waals surface area contributed by atoms with Gasteiger partial charge in [-0.1, -0.05) is 25.5 Å². The van der Waals surface area contributed by atoms with E-state index in [0.717, 1.165) is 30.3 Å². The molecule has 1 saturated carbocycles. The second-order valence-corrected chi connectivity index (χ2v) is 11.5. The van der Waals surface area contributed by atoms with Crippen LogP contribution in [0, 0.1) is 5.82 Å². The van der Waals surface area contributed by atoms with Gasteiger partial charge < -0.3 is 20.3 Å². The van der Waals surface area contributed by atoms with Crippen LogP contribution >= 0.6 is 0 Å². The number of rotatable bonds is 8. The highest BCUT2D eigenvalue weighted by molar-refractivity contribution is 7.91. The normalized spacial score (nSPS) is 15.7. The molecule has 1 heterocycles. The lowest BCUT2D eigenvalue weighted by Gasteiger charge is -2.26. The van der Waals surface area contributed by atoms with Crippen LogP contribution in [0.3, 0.4) is 0 Å². The average molecular weight is 550 g/mol. The number of halogens is 1. The number of ether oxygens (including phenoxy) is 1. The molecule has 1 saturated heterocycles. The number of hydrogen-bond acceptors (Lipinski definition) is 6. The summed E-state index contributed by atoms with van der Waals surface area (Å²) in [6, 6.07) is 13.4. The summed E-state index contributed by atoms with van der Waals surface area (Å²) in [6.07, 6.45) is 5.33. The fourth-order valence-electron chi connectivity index (χ4n) is 3.58. The fourth-order valence-corrected chi connectivity index (χ4v) is 4.78. The standard InChI is InChI=1S/C13H15FN2O4S.C10H12O.C5H13N/c14-11-3-1-10(2-4-11)13(18)15-9-12(17)16-5-7-21(19,20)8-6-16;1-11-10-6-4-9(5-7-10)8-2-3-8;1-3-4-5-6-2/h1-4H,5-9H2,(H,15,18);4-8H,2-3H2,1H3;6H,3-5H2,1-2H3. The van der Waals surface area contributed by atoms with Crippen molar-refractivity contribution in [3.05, 3.63) is 65.5 Å². The van der Waals surface area contributed by atoms with Crippen LogP contribution in [-0.2, 0) is 14.6 Å². The summed E-state index contributed by atoms with van der Waals surface area (Å²) < 4.78 is 40.3. The molecule has 2 fully saturated rings. The van der Waals surface area contributed by atoms with Crippen molar-refractivity contribution in [2.45, 2.75) is 38.5 Å². The van der Waals surface area contributed by atoms with Crippen LogP contribution < -0.4 is 15.4 Å². The number of nitrogens with zero attached hydrogens (tertiary/aromatic N) is 1. The Morgan fingerprint density at radius 2 is 1.63 bits per heavy atom. The monoisotopic (exact) mass is 549 g/mol. The van der Waals surface area contributed by atoms with Crippen molar-refractivity contribution in [2.24, 2.45) is 0 Å². The van der Waals surface area contributed by atoms with Gasteiger partial charge in [0, 0.05) is 18.7 Å². The Balaban J connectivity index is 0.000000246. The van der Waals surface area contributed by atoms with Gasteiger partial charge in [-0.2, -0.15) is 0 Å². The van der Waals surface area contributed by atoms with Crippen LogP contribution in [0.5, 0.6) is 5.75 Å². The van der Waals surface area contributed by atoms with Gasteiger partial charge in [-0.15, -0.1) is 0 Å². The summed E-state index contributed by atoms with van der Waals surface area (Å²) in [5, 5.41) is 5.50. The molecule has 0 atom stereocenters. The Bertz CT molecular complexity index is 1090. The lowest BCUT2D eigenvalue weighted by atomic mass is 10.1. The number of hydrogen-bond donors (Lipinski definition) is 2. The maximum absolute atomic E-state index is 12.7. The van der Waals surface area contributed by atoms with Crippen molar-refractivity contribution in [2.75, 3.05) is 51.8 Å². The molecule has 0 spiro atoms. The molecular formula is C28H40FN3O5S. The Morgan fingerprint density at radius 1 is 1.03 bits per heavy atom. The molecule has 1 aliphatic carbocycles. The molecule has 1 aliphatic heterocycles. The Kier molecular flexibility index (Phi) is 13.2. The molecule has 8 nitrogen and oxygen atoms in total.